The van der Waals surface area contributed by atoms with E-state index in [0.29, 0.717) is 5.92 Å². The summed E-state index contributed by atoms with van der Waals surface area (Å²) < 4.78 is 5.67. The summed E-state index contributed by atoms with van der Waals surface area (Å²) >= 11 is 5.69. The zero-order valence-corrected chi connectivity index (χ0v) is 14.4. The van der Waals surface area contributed by atoms with Gasteiger partial charge in [-0.15, -0.1) is 0 Å². The smallest absolute Gasteiger partial charge is 0.349 e. The third kappa shape index (κ3) is 3.73. The zero-order chi connectivity index (χ0) is 16.3. The molecule has 1 aromatic carbocycles. The van der Waals surface area contributed by atoms with Crippen LogP contribution >= 0.6 is 11.6 Å². The van der Waals surface area contributed by atoms with Crippen molar-refractivity contribution in [1.82, 2.24) is 0 Å². The molecule has 0 aromatic heterocycles. The standard InChI is InChI=1S/C19H25ClO2/c1-13-10-11-16(17(12-13)22-18(21)14(2)20)19(3,4)15-8-6-5-7-9-15/h5-9,13,16-17H,2,10-12H2,1,3-4H3/t13-,16-,17-/m0/s1. The van der Waals surface area contributed by atoms with E-state index >= 15 is 0 Å². The van der Waals surface area contributed by atoms with E-state index in [1.165, 1.54) is 5.56 Å². The van der Waals surface area contributed by atoms with Crippen LogP contribution in [0.1, 0.15) is 45.6 Å². The number of hydrogen-bond donors (Lipinski definition) is 0. The molecule has 1 saturated carbocycles. The molecule has 0 aliphatic heterocycles. The van der Waals surface area contributed by atoms with Gasteiger partial charge in [-0.1, -0.05) is 75.7 Å². The van der Waals surface area contributed by atoms with Gasteiger partial charge in [0.1, 0.15) is 11.1 Å². The Bertz CT molecular complexity index is 536. The second kappa shape index (κ2) is 6.87. The molecular formula is C19H25ClO2. The van der Waals surface area contributed by atoms with Gasteiger partial charge < -0.3 is 4.74 Å². The summed E-state index contributed by atoms with van der Waals surface area (Å²) in [5.74, 6) is 0.352. The number of halogens is 1. The van der Waals surface area contributed by atoms with E-state index in [9.17, 15) is 4.79 Å². The third-order valence-electron chi connectivity index (χ3n) is 4.98. The minimum atomic E-state index is -0.491. The Morgan fingerprint density at radius 3 is 2.50 bits per heavy atom. The number of benzene rings is 1. The molecule has 120 valence electrons. The highest BCUT2D eigenvalue weighted by Crippen LogP contribution is 2.43. The first-order chi connectivity index (χ1) is 10.3. The van der Waals surface area contributed by atoms with E-state index in [1.54, 1.807) is 0 Å². The minimum absolute atomic E-state index is 0.0468. The molecule has 2 rings (SSSR count). The van der Waals surface area contributed by atoms with Crippen molar-refractivity contribution in [2.75, 3.05) is 0 Å². The van der Waals surface area contributed by atoms with Gasteiger partial charge in [-0.2, -0.15) is 0 Å². The normalized spacial score (nSPS) is 25.5. The number of carbonyl (C=O) groups excluding carboxylic acids is 1. The summed E-state index contributed by atoms with van der Waals surface area (Å²) in [4.78, 5) is 11.9. The zero-order valence-electron chi connectivity index (χ0n) is 13.6. The highest BCUT2D eigenvalue weighted by atomic mass is 35.5. The number of carbonyl (C=O) groups is 1. The molecule has 0 unspecified atom stereocenters. The molecule has 3 atom stereocenters. The van der Waals surface area contributed by atoms with Gasteiger partial charge >= 0.3 is 5.97 Å². The third-order valence-corrected chi connectivity index (χ3v) is 5.13. The highest BCUT2D eigenvalue weighted by molar-refractivity contribution is 6.40. The van der Waals surface area contributed by atoms with Gasteiger partial charge in [0.25, 0.3) is 0 Å². The second-order valence-corrected chi connectivity index (χ2v) is 7.42. The molecule has 0 bridgehead atoms. The molecular weight excluding hydrogens is 296 g/mol. The molecule has 1 aliphatic rings. The molecule has 0 heterocycles. The van der Waals surface area contributed by atoms with Crippen LogP contribution in [0.4, 0.5) is 0 Å². The topological polar surface area (TPSA) is 26.3 Å². The van der Waals surface area contributed by atoms with Crippen molar-refractivity contribution in [3.63, 3.8) is 0 Å². The first kappa shape index (κ1) is 17.1. The Kier molecular flexibility index (Phi) is 5.33. The van der Waals surface area contributed by atoms with Crippen LogP contribution in [0.2, 0.25) is 0 Å². The maximum absolute atomic E-state index is 11.9. The van der Waals surface area contributed by atoms with E-state index in [-0.39, 0.29) is 22.5 Å². The van der Waals surface area contributed by atoms with E-state index in [0.717, 1.165) is 19.3 Å². The summed E-state index contributed by atoms with van der Waals surface area (Å²) in [7, 11) is 0. The van der Waals surface area contributed by atoms with Crippen molar-refractivity contribution in [2.45, 2.75) is 51.6 Å². The average Bonchev–Trinajstić information content (AvgIpc) is 2.47. The van der Waals surface area contributed by atoms with Crippen LogP contribution < -0.4 is 0 Å². The summed E-state index contributed by atoms with van der Waals surface area (Å²) in [5.41, 5.74) is 1.22. The van der Waals surface area contributed by atoms with E-state index in [2.05, 4.69) is 51.6 Å². The summed E-state index contributed by atoms with van der Waals surface area (Å²) in [6.45, 7) is 10.2. The van der Waals surface area contributed by atoms with E-state index in [1.807, 2.05) is 6.07 Å². The van der Waals surface area contributed by atoms with Gasteiger partial charge in [-0.05, 0) is 29.7 Å². The van der Waals surface area contributed by atoms with Crippen LogP contribution in [0.5, 0.6) is 0 Å². The van der Waals surface area contributed by atoms with E-state index < -0.39 is 5.97 Å². The fourth-order valence-corrected chi connectivity index (χ4v) is 3.61. The number of esters is 1. The van der Waals surface area contributed by atoms with Gasteiger partial charge in [0.15, 0.2) is 0 Å². The average molecular weight is 321 g/mol. The van der Waals surface area contributed by atoms with Crippen LogP contribution in [-0.2, 0) is 14.9 Å². The SMILES string of the molecule is C=C(Cl)C(=O)O[C@H]1C[C@@H](C)CC[C@@H]1C(C)(C)c1ccccc1. The largest absolute Gasteiger partial charge is 0.458 e. The predicted octanol–water partition coefficient (Wildman–Crippen LogP) is 5.06. The van der Waals surface area contributed by atoms with Gasteiger partial charge in [0.05, 0.1) is 0 Å². The highest BCUT2D eigenvalue weighted by Gasteiger charge is 2.42. The Morgan fingerprint density at radius 1 is 1.27 bits per heavy atom. The molecule has 22 heavy (non-hydrogen) atoms. The van der Waals surface area contributed by atoms with Crippen LogP contribution in [0.3, 0.4) is 0 Å². The summed E-state index contributed by atoms with van der Waals surface area (Å²) in [6, 6.07) is 10.4. The first-order valence-corrected chi connectivity index (χ1v) is 8.31. The summed E-state index contributed by atoms with van der Waals surface area (Å²) in [6.07, 6.45) is 2.99. The van der Waals surface area contributed by atoms with Gasteiger partial charge in [0.2, 0.25) is 0 Å². The van der Waals surface area contributed by atoms with Crippen molar-refractivity contribution >= 4 is 17.6 Å². The molecule has 0 spiro atoms. The lowest BCUT2D eigenvalue weighted by molar-refractivity contribution is -0.150. The van der Waals surface area contributed by atoms with Crippen LogP contribution in [0, 0.1) is 11.8 Å². The Hall–Kier alpha value is -1.28. The molecule has 3 heteroatoms. The number of rotatable bonds is 4. The van der Waals surface area contributed by atoms with Crippen molar-refractivity contribution in [2.24, 2.45) is 11.8 Å². The molecule has 1 aromatic rings. The second-order valence-electron chi connectivity index (χ2n) is 6.96. The van der Waals surface area contributed by atoms with E-state index in [4.69, 9.17) is 16.3 Å². The van der Waals surface area contributed by atoms with Gasteiger partial charge in [-0.25, -0.2) is 4.79 Å². The molecule has 0 N–H and O–H groups in total. The minimum Gasteiger partial charge on any atom is -0.458 e. The molecule has 0 saturated heterocycles. The van der Waals surface area contributed by atoms with Crippen LogP contribution in [0.25, 0.3) is 0 Å². The first-order valence-electron chi connectivity index (χ1n) is 7.93. The Balaban J connectivity index is 2.25. The maximum Gasteiger partial charge on any atom is 0.349 e. The molecule has 1 aliphatic carbocycles. The van der Waals surface area contributed by atoms with Crippen molar-refractivity contribution in [3.8, 4) is 0 Å². The van der Waals surface area contributed by atoms with Gasteiger partial charge in [0, 0.05) is 5.92 Å². The van der Waals surface area contributed by atoms with Gasteiger partial charge in [-0.3, -0.25) is 0 Å². The maximum atomic E-state index is 11.9. The summed E-state index contributed by atoms with van der Waals surface area (Å²) in [5, 5.41) is -0.0468. The lowest BCUT2D eigenvalue weighted by Crippen LogP contribution is -2.43. The molecule has 0 radical (unpaired) electrons. The van der Waals surface area contributed by atoms with Crippen molar-refractivity contribution in [1.29, 1.82) is 0 Å². The Labute approximate surface area is 138 Å². The van der Waals surface area contributed by atoms with Crippen LogP contribution in [0.15, 0.2) is 41.9 Å². The lowest BCUT2D eigenvalue weighted by atomic mass is 9.64. The quantitative estimate of drug-likeness (QED) is 0.572. The Morgan fingerprint density at radius 2 is 1.91 bits per heavy atom. The molecule has 2 nitrogen and oxygen atoms in total. The number of ether oxygens (including phenoxy) is 1. The van der Waals surface area contributed by atoms with Crippen molar-refractivity contribution < 1.29 is 9.53 Å². The predicted molar refractivity (Wildman–Crippen MR) is 90.8 cm³/mol. The van der Waals surface area contributed by atoms with Crippen molar-refractivity contribution in [3.05, 3.63) is 47.5 Å². The monoisotopic (exact) mass is 320 g/mol. The molecule has 1 fully saturated rings. The fraction of sp³-hybridized carbons (Fsp3) is 0.526. The molecule has 0 amide bonds. The number of hydrogen-bond acceptors (Lipinski definition) is 2. The van der Waals surface area contributed by atoms with Crippen LogP contribution in [-0.4, -0.2) is 12.1 Å². The lowest BCUT2D eigenvalue weighted by Gasteiger charge is -2.43. The fourth-order valence-electron chi connectivity index (χ4n) is 3.57.